The van der Waals surface area contributed by atoms with Crippen molar-refractivity contribution >= 4 is 11.6 Å². The number of aryl methyl sites for hydroxylation is 2. The highest BCUT2D eigenvalue weighted by atomic mass is 16.1. The van der Waals surface area contributed by atoms with E-state index < -0.39 is 0 Å². The molecule has 0 spiro atoms. The highest BCUT2D eigenvalue weighted by Crippen LogP contribution is 2.25. The Morgan fingerprint density at radius 3 is 2.80 bits per heavy atom. The molecular weight excluding hydrogens is 250 g/mol. The van der Waals surface area contributed by atoms with Crippen LogP contribution in [0.25, 0.3) is 0 Å². The summed E-state index contributed by atoms with van der Waals surface area (Å²) < 4.78 is 0. The van der Waals surface area contributed by atoms with E-state index in [1.165, 1.54) is 17.5 Å². The van der Waals surface area contributed by atoms with Gasteiger partial charge in [-0.05, 0) is 54.2 Å². The Balaban J connectivity index is 1.75. The van der Waals surface area contributed by atoms with E-state index >= 15 is 0 Å². The van der Waals surface area contributed by atoms with Crippen LogP contribution < -0.4 is 11.1 Å². The average molecular weight is 267 g/mol. The maximum Gasteiger partial charge on any atom is 0.274 e. The normalized spacial score (nSPS) is 13.1. The molecule has 4 nitrogen and oxygen atoms in total. The van der Waals surface area contributed by atoms with Crippen LogP contribution in [0.5, 0.6) is 0 Å². The highest BCUT2D eigenvalue weighted by molar-refractivity contribution is 6.02. The lowest BCUT2D eigenvalue weighted by Crippen LogP contribution is -2.14. The van der Waals surface area contributed by atoms with Crippen molar-refractivity contribution in [3.63, 3.8) is 0 Å². The first-order valence-corrected chi connectivity index (χ1v) is 6.84. The summed E-state index contributed by atoms with van der Waals surface area (Å²) >= 11 is 0. The van der Waals surface area contributed by atoms with Crippen LogP contribution in [0, 0.1) is 0 Å². The van der Waals surface area contributed by atoms with Gasteiger partial charge in [-0.2, -0.15) is 0 Å². The Bertz CT molecular complexity index is 635. The van der Waals surface area contributed by atoms with E-state index in [1.807, 2.05) is 12.1 Å². The monoisotopic (exact) mass is 267 g/mol. The zero-order valence-corrected chi connectivity index (χ0v) is 11.2. The van der Waals surface area contributed by atoms with Gasteiger partial charge in [0.2, 0.25) is 0 Å². The van der Waals surface area contributed by atoms with Crippen molar-refractivity contribution in [2.75, 3.05) is 5.32 Å². The van der Waals surface area contributed by atoms with Crippen LogP contribution in [0.15, 0.2) is 36.5 Å². The fraction of sp³-hybridized carbons (Fsp3) is 0.250. The molecule has 1 aromatic heterocycles. The molecule has 1 aliphatic rings. The first-order chi connectivity index (χ1) is 9.76. The maximum absolute atomic E-state index is 12.1. The first-order valence-electron chi connectivity index (χ1n) is 6.84. The van der Waals surface area contributed by atoms with Gasteiger partial charge in [-0.3, -0.25) is 9.78 Å². The topological polar surface area (TPSA) is 68.0 Å². The molecule has 1 amide bonds. The van der Waals surface area contributed by atoms with Gasteiger partial charge in [-0.15, -0.1) is 0 Å². The number of aromatic nitrogens is 1. The zero-order chi connectivity index (χ0) is 13.9. The minimum Gasteiger partial charge on any atom is -0.326 e. The van der Waals surface area contributed by atoms with Crippen molar-refractivity contribution < 1.29 is 4.79 Å². The van der Waals surface area contributed by atoms with Gasteiger partial charge >= 0.3 is 0 Å². The van der Waals surface area contributed by atoms with Gasteiger partial charge in [0.25, 0.3) is 5.91 Å². The molecule has 0 fully saturated rings. The van der Waals surface area contributed by atoms with E-state index in [0.29, 0.717) is 12.2 Å². The summed E-state index contributed by atoms with van der Waals surface area (Å²) in [6, 6.07) is 9.64. The Hall–Kier alpha value is -2.20. The third-order valence-corrected chi connectivity index (χ3v) is 3.65. The van der Waals surface area contributed by atoms with Crippen molar-refractivity contribution in [1.82, 2.24) is 4.98 Å². The number of carbonyl (C=O) groups excluding carboxylic acids is 1. The lowest BCUT2D eigenvalue weighted by molar-refractivity contribution is 0.102. The Labute approximate surface area is 118 Å². The van der Waals surface area contributed by atoms with E-state index in [-0.39, 0.29) is 5.91 Å². The van der Waals surface area contributed by atoms with Crippen LogP contribution in [0.4, 0.5) is 5.69 Å². The molecule has 1 aliphatic carbocycles. The second-order valence-corrected chi connectivity index (χ2v) is 5.05. The van der Waals surface area contributed by atoms with Gasteiger partial charge in [0.15, 0.2) is 0 Å². The van der Waals surface area contributed by atoms with Crippen LogP contribution >= 0.6 is 0 Å². The molecule has 1 heterocycles. The molecule has 0 saturated heterocycles. The predicted octanol–water partition coefficient (Wildman–Crippen LogP) is 2.28. The molecule has 1 aromatic carbocycles. The SMILES string of the molecule is NCc1ccc(C(=O)Nc2ccc3c(c2)CCC3)nc1. The second kappa shape index (κ2) is 5.43. The van der Waals surface area contributed by atoms with Crippen LogP contribution in [0.2, 0.25) is 0 Å². The van der Waals surface area contributed by atoms with Crippen LogP contribution in [0.1, 0.15) is 33.6 Å². The van der Waals surface area contributed by atoms with Crippen molar-refractivity contribution in [3.05, 3.63) is 58.9 Å². The third kappa shape index (κ3) is 2.56. The minimum atomic E-state index is -0.188. The lowest BCUT2D eigenvalue weighted by Gasteiger charge is -2.07. The van der Waals surface area contributed by atoms with E-state index in [1.54, 1.807) is 12.3 Å². The Morgan fingerprint density at radius 1 is 1.20 bits per heavy atom. The first kappa shape index (κ1) is 12.8. The molecule has 3 rings (SSSR count). The molecule has 4 heteroatoms. The van der Waals surface area contributed by atoms with E-state index in [4.69, 9.17) is 5.73 Å². The summed E-state index contributed by atoms with van der Waals surface area (Å²) in [5.74, 6) is -0.188. The average Bonchev–Trinajstić information content (AvgIpc) is 2.95. The molecule has 20 heavy (non-hydrogen) atoms. The quantitative estimate of drug-likeness (QED) is 0.896. The Kier molecular flexibility index (Phi) is 3.48. The fourth-order valence-electron chi connectivity index (χ4n) is 2.52. The van der Waals surface area contributed by atoms with Gasteiger partial charge in [0, 0.05) is 18.4 Å². The Morgan fingerprint density at radius 2 is 2.05 bits per heavy atom. The standard InChI is InChI=1S/C16H17N3O/c17-9-11-4-7-15(18-10-11)16(20)19-14-6-5-12-2-1-3-13(12)8-14/h4-8,10H,1-3,9,17H2,(H,19,20). The number of fused-ring (bicyclic) bond motifs is 1. The minimum absolute atomic E-state index is 0.188. The number of rotatable bonds is 3. The third-order valence-electron chi connectivity index (χ3n) is 3.65. The molecule has 0 radical (unpaired) electrons. The van der Waals surface area contributed by atoms with Crippen molar-refractivity contribution in [3.8, 4) is 0 Å². The zero-order valence-electron chi connectivity index (χ0n) is 11.2. The number of hydrogen-bond acceptors (Lipinski definition) is 3. The van der Waals surface area contributed by atoms with Gasteiger partial charge in [-0.1, -0.05) is 12.1 Å². The van der Waals surface area contributed by atoms with Crippen molar-refractivity contribution in [2.45, 2.75) is 25.8 Å². The van der Waals surface area contributed by atoms with Crippen LogP contribution in [-0.2, 0) is 19.4 Å². The summed E-state index contributed by atoms with van der Waals surface area (Å²) in [6.45, 7) is 0.430. The maximum atomic E-state index is 12.1. The van der Waals surface area contributed by atoms with Crippen LogP contribution in [0.3, 0.4) is 0 Å². The predicted molar refractivity (Wildman–Crippen MR) is 78.5 cm³/mol. The molecule has 0 aliphatic heterocycles. The van der Waals surface area contributed by atoms with Gasteiger partial charge in [0.05, 0.1) is 0 Å². The number of nitrogens with two attached hydrogens (primary N) is 1. The fourth-order valence-corrected chi connectivity index (χ4v) is 2.52. The number of hydrogen-bond donors (Lipinski definition) is 2. The number of pyridine rings is 1. The molecule has 3 N–H and O–H groups in total. The molecule has 2 aromatic rings. The van der Waals surface area contributed by atoms with Crippen molar-refractivity contribution in [1.29, 1.82) is 0 Å². The number of anilines is 1. The highest BCUT2D eigenvalue weighted by Gasteiger charge is 2.13. The molecular formula is C16H17N3O. The molecule has 0 atom stereocenters. The lowest BCUT2D eigenvalue weighted by atomic mass is 10.1. The number of amides is 1. The van der Waals surface area contributed by atoms with Gasteiger partial charge in [-0.25, -0.2) is 0 Å². The van der Waals surface area contributed by atoms with Crippen LogP contribution in [-0.4, -0.2) is 10.9 Å². The summed E-state index contributed by atoms with van der Waals surface area (Å²) in [7, 11) is 0. The van der Waals surface area contributed by atoms with Crippen molar-refractivity contribution in [2.24, 2.45) is 5.73 Å². The molecule has 0 unspecified atom stereocenters. The molecule has 102 valence electrons. The number of benzene rings is 1. The van der Waals surface area contributed by atoms with E-state index in [2.05, 4.69) is 22.4 Å². The molecule has 0 bridgehead atoms. The summed E-state index contributed by atoms with van der Waals surface area (Å²) in [4.78, 5) is 16.2. The van der Waals surface area contributed by atoms with Gasteiger partial charge < -0.3 is 11.1 Å². The summed E-state index contributed by atoms with van der Waals surface area (Å²) in [6.07, 6.45) is 5.08. The largest absolute Gasteiger partial charge is 0.326 e. The second-order valence-electron chi connectivity index (χ2n) is 5.05. The number of carbonyl (C=O) groups is 1. The molecule has 0 saturated carbocycles. The number of nitrogens with one attached hydrogen (secondary N) is 1. The number of nitrogens with zero attached hydrogens (tertiary/aromatic N) is 1. The van der Waals surface area contributed by atoms with E-state index in [0.717, 1.165) is 24.1 Å². The van der Waals surface area contributed by atoms with Gasteiger partial charge in [0.1, 0.15) is 5.69 Å². The smallest absolute Gasteiger partial charge is 0.274 e. The summed E-state index contributed by atoms with van der Waals surface area (Å²) in [5, 5.41) is 2.89. The van der Waals surface area contributed by atoms with E-state index in [9.17, 15) is 4.79 Å². The summed E-state index contributed by atoms with van der Waals surface area (Å²) in [5.41, 5.74) is 10.4.